The molecule has 0 unspecified atom stereocenters. The van der Waals surface area contributed by atoms with Crippen LogP contribution in [0.4, 0.5) is 11.4 Å². The van der Waals surface area contributed by atoms with Crippen molar-refractivity contribution in [3.8, 4) is 0 Å². The lowest BCUT2D eigenvalue weighted by Crippen LogP contribution is -2.08. The lowest BCUT2D eigenvalue weighted by molar-refractivity contribution is -0.384. The molecule has 2 rings (SSSR count). The predicted octanol–water partition coefficient (Wildman–Crippen LogP) is 3.34. The van der Waals surface area contributed by atoms with E-state index in [9.17, 15) is 14.9 Å². The molecule has 6 heteroatoms. The molecule has 120 valence electrons. The molecule has 0 amide bonds. The smallest absolute Gasteiger partial charge is 0.338 e. The molecule has 0 aromatic heterocycles. The van der Waals surface area contributed by atoms with Gasteiger partial charge in [-0.25, -0.2) is 4.79 Å². The first-order chi connectivity index (χ1) is 11.0. The highest BCUT2D eigenvalue weighted by Gasteiger charge is 2.17. The number of nitrogens with one attached hydrogen (secondary N) is 1. The second-order valence-corrected chi connectivity index (χ2v) is 5.14. The molecule has 0 heterocycles. The number of hydrogen-bond acceptors (Lipinski definition) is 5. The summed E-state index contributed by atoms with van der Waals surface area (Å²) in [4.78, 5) is 22.1. The zero-order valence-corrected chi connectivity index (χ0v) is 13.0. The Labute approximate surface area is 134 Å². The van der Waals surface area contributed by atoms with Gasteiger partial charge < -0.3 is 10.1 Å². The van der Waals surface area contributed by atoms with Gasteiger partial charge in [0.1, 0.15) is 5.69 Å². The molecule has 0 atom stereocenters. The fraction of sp³-hybridized carbons (Fsp3) is 0.235. The van der Waals surface area contributed by atoms with E-state index in [-0.39, 0.29) is 11.3 Å². The summed E-state index contributed by atoms with van der Waals surface area (Å²) in [5, 5.41) is 14.2. The molecule has 23 heavy (non-hydrogen) atoms. The number of ether oxygens (including phenoxy) is 1. The van der Waals surface area contributed by atoms with E-state index in [1.807, 2.05) is 31.2 Å². The molecular weight excluding hydrogens is 296 g/mol. The van der Waals surface area contributed by atoms with Crippen LogP contribution in [0.25, 0.3) is 0 Å². The van der Waals surface area contributed by atoms with Crippen molar-refractivity contribution >= 4 is 17.3 Å². The van der Waals surface area contributed by atoms with Crippen molar-refractivity contribution in [1.29, 1.82) is 0 Å². The highest BCUT2D eigenvalue weighted by molar-refractivity contribution is 5.91. The Bertz CT molecular complexity index is 711. The fourth-order valence-corrected chi connectivity index (χ4v) is 2.17. The molecule has 0 aliphatic heterocycles. The van der Waals surface area contributed by atoms with Crippen LogP contribution < -0.4 is 5.32 Å². The molecule has 0 bridgehead atoms. The van der Waals surface area contributed by atoms with Gasteiger partial charge in [-0.3, -0.25) is 10.1 Å². The number of hydrogen-bond donors (Lipinski definition) is 1. The van der Waals surface area contributed by atoms with Gasteiger partial charge in [0.2, 0.25) is 0 Å². The highest BCUT2D eigenvalue weighted by Crippen LogP contribution is 2.26. The molecule has 1 N–H and O–H groups in total. The van der Waals surface area contributed by atoms with E-state index in [2.05, 4.69) is 10.1 Å². The topological polar surface area (TPSA) is 81.5 Å². The number of esters is 1. The zero-order valence-electron chi connectivity index (χ0n) is 13.0. The third-order valence-corrected chi connectivity index (χ3v) is 3.47. The summed E-state index contributed by atoms with van der Waals surface area (Å²) in [5.74, 6) is -0.598. The van der Waals surface area contributed by atoms with Gasteiger partial charge in [0, 0.05) is 12.6 Å². The predicted molar refractivity (Wildman–Crippen MR) is 87.8 cm³/mol. The van der Waals surface area contributed by atoms with Gasteiger partial charge in [0.15, 0.2) is 0 Å². The maximum Gasteiger partial charge on any atom is 0.338 e. The Morgan fingerprint density at radius 1 is 1.22 bits per heavy atom. The fourth-order valence-electron chi connectivity index (χ4n) is 2.17. The average molecular weight is 314 g/mol. The Morgan fingerprint density at radius 3 is 2.52 bits per heavy atom. The lowest BCUT2D eigenvalue weighted by Gasteiger charge is -2.08. The molecule has 0 aliphatic carbocycles. The Hall–Kier alpha value is -2.89. The monoisotopic (exact) mass is 314 g/mol. The molecule has 2 aromatic carbocycles. The van der Waals surface area contributed by atoms with E-state index < -0.39 is 10.9 Å². The van der Waals surface area contributed by atoms with Gasteiger partial charge in [-0.1, -0.05) is 29.8 Å². The molecule has 0 fully saturated rings. The summed E-state index contributed by atoms with van der Waals surface area (Å²) in [7, 11) is 1.24. The van der Waals surface area contributed by atoms with E-state index in [0.29, 0.717) is 12.2 Å². The SMILES string of the molecule is COC(=O)c1ccc(NCCc2ccc(C)cc2)c([N+](=O)[O-])c1. The number of carbonyl (C=O) groups excluding carboxylic acids is 1. The number of rotatable bonds is 6. The third-order valence-electron chi connectivity index (χ3n) is 3.47. The van der Waals surface area contributed by atoms with Gasteiger partial charge in [-0.15, -0.1) is 0 Å². The standard InChI is InChI=1S/C17H18N2O4/c1-12-3-5-13(6-4-12)9-10-18-15-8-7-14(17(20)23-2)11-16(15)19(21)22/h3-8,11,18H,9-10H2,1-2H3. The number of nitro groups is 1. The van der Waals surface area contributed by atoms with Gasteiger partial charge in [0.25, 0.3) is 5.69 Å². The maximum absolute atomic E-state index is 11.5. The Balaban J connectivity index is 2.08. The van der Waals surface area contributed by atoms with Gasteiger partial charge in [0.05, 0.1) is 17.6 Å². The highest BCUT2D eigenvalue weighted by atomic mass is 16.6. The Morgan fingerprint density at radius 2 is 1.91 bits per heavy atom. The van der Waals surface area contributed by atoms with Crippen molar-refractivity contribution < 1.29 is 14.5 Å². The molecule has 6 nitrogen and oxygen atoms in total. The second-order valence-electron chi connectivity index (χ2n) is 5.14. The van der Waals surface area contributed by atoms with Gasteiger partial charge >= 0.3 is 5.97 Å². The first-order valence-corrected chi connectivity index (χ1v) is 7.17. The summed E-state index contributed by atoms with van der Waals surface area (Å²) in [6, 6.07) is 12.4. The molecule has 2 aromatic rings. The summed E-state index contributed by atoms with van der Waals surface area (Å²) in [5.41, 5.74) is 2.74. The molecule has 0 saturated carbocycles. The molecule has 0 aliphatic rings. The minimum atomic E-state index is -0.598. The minimum absolute atomic E-state index is 0.142. The first-order valence-electron chi connectivity index (χ1n) is 7.17. The number of nitro benzene ring substituents is 1. The van der Waals surface area contributed by atoms with Crippen molar-refractivity contribution in [1.82, 2.24) is 0 Å². The molecular formula is C17H18N2O4. The van der Waals surface area contributed by atoms with Crippen molar-refractivity contribution in [3.05, 3.63) is 69.3 Å². The molecule has 0 saturated heterocycles. The summed E-state index contributed by atoms with van der Waals surface area (Å²) < 4.78 is 4.58. The van der Waals surface area contributed by atoms with Crippen LogP contribution in [0.15, 0.2) is 42.5 Å². The van der Waals surface area contributed by atoms with E-state index in [1.54, 1.807) is 0 Å². The van der Waals surface area contributed by atoms with Crippen LogP contribution in [0.2, 0.25) is 0 Å². The van der Waals surface area contributed by atoms with Crippen LogP contribution >= 0.6 is 0 Å². The van der Waals surface area contributed by atoms with Crippen molar-refractivity contribution in [2.24, 2.45) is 0 Å². The normalized spacial score (nSPS) is 10.2. The van der Waals surface area contributed by atoms with E-state index in [0.717, 1.165) is 12.0 Å². The van der Waals surface area contributed by atoms with Crippen molar-refractivity contribution in [3.63, 3.8) is 0 Å². The number of aryl methyl sites for hydroxylation is 1. The zero-order chi connectivity index (χ0) is 16.8. The lowest BCUT2D eigenvalue weighted by atomic mass is 10.1. The maximum atomic E-state index is 11.5. The first kappa shape index (κ1) is 16.5. The van der Waals surface area contributed by atoms with Crippen LogP contribution in [-0.2, 0) is 11.2 Å². The summed E-state index contributed by atoms with van der Waals surface area (Å²) >= 11 is 0. The van der Waals surface area contributed by atoms with Crippen molar-refractivity contribution in [2.75, 3.05) is 19.0 Å². The molecule has 0 spiro atoms. The summed E-state index contributed by atoms with van der Waals surface area (Å²) in [6.45, 7) is 2.58. The number of anilines is 1. The van der Waals surface area contributed by atoms with Gasteiger partial charge in [-0.05, 0) is 31.0 Å². The van der Waals surface area contributed by atoms with Crippen LogP contribution in [0.3, 0.4) is 0 Å². The third kappa shape index (κ3) is 4.29. The number of methoxy groups -OCH3 is 1. The number of carbonyl (C=O) groups is 1. The Kier molecular flexibility index (Phi) is 5.30. The van der Waals surface area contributed by atoms with Crippen LogP contribution in [0, 0.1) is 17.0 Å². The van der Waals surface area contributed by atoms with Crippen molar-refractivity contribution in [2.45, 2.75) is 13.3 Å². The van der Waals surface area contributed by atoms with E-state index in [1.165, 1.54) is 30.9 Å². The van der Waals surface area contributed by atoms with Crippen LogP contribution in [0.1, 0.15) is 21.5 Å². The quantitative estimate of drug-likeness (QED) is 0.502. The summed E-state index contributed by atoms with van der Waals surface area (Å²) in [6.07, 6.45) is 0.746. The van der Waals surface area contributed by atoms with Gasteiger partial charge in [-0.2, -0.15) is 0 Å². The number of benzene rings is 2. The minimum Gasteiger partial charge on any atom is -0.465 e. The van der Waals surface area contributed by atoms with E-state index in [4.69, 9.17) is 0 Å². The number of nitrogens with zero attached hydrogens (tertiary/aromatic N) is 1. The average Bonchev–Trinajstić information content (AvgIpc) is 2.56. The van der Waals surface area contributed by atoms with Crippen LogP contribution in [0.5, 0.6) is 0 Å². The largest absolute Gasteiger partial charge is 0.465 e. The van der Waals surface area contributed by atoms with E-state index >= 15 is 0 Å². The van der Waals surface area contributed by atoms with Crippen LogP contribution in [-0.4, -0.2) is 24.5 Å². The second kappa shape index (κ2) is 7.40. The molecule has 0 radical (unpaired) electrons.